The van der Waals surface area contributed by atoms with Gasteiger partial charge in [-0.2, -0.15) is 13.2 Å². The Kier molecular flexibility index (Phi) is 10.9. The Morgan fingerprint density at radius 1 is 0.867 bits per heavy atom. The second kappa shape index (κ2) is 15.0. The van der Waals surface area contributed by atoms with Crippen LogP contribution in [0.4, 0.5) is 18.9 Å². The molecule has 0 aliphatic rings. The molecule has 1 atom stereocenters. The van der Waals surface area contributed by atoms with E-state index in [4.69, 9.17) is 11.6 Å². The summed E-state index contributed by atoms with van der Waals surface area (Å²) in [5, 5.41) is 8.49. The highest BCUT2D eigenvalue weighted by Gasteiger charge is 2.30. The molecule has 4 rings (SSSR count). The summed E-state index contributed by atoms with van der Waals surface area (Å²) in [7, 11) is 0. The Balaban J connectivity index is 1.44. The Morgan fingerprint density at radius 2 is 1.56 bits per heavy atom. The van der Waals surface area contributed by atoms with Gasteiger partial charge in [-0.1, -0.05) is 96.6 Å². The van der Waals surface area contributed by atoms with Crippen molar-refractivity contribution in [3.05, 3.63) is 149 Å². The van der Waals surface area contributed by atoms with E-state index in [0.29, 0.717) is 27.9 Å². The van der Waals surface area contributed by atoms with Crippen LogP contribution in [0.15, 0.2) is 121 Å². The summed E-state index contributed by atoms with van der Waals surface area (Å²) in [5.74, 6) is -1.36. The van der Waals surface area contributed by atoms with E-state index in [1.54, 1.807) is 85.0 Å². The van der Waals surface area contributed by atoms with Crippen LogP contribution in [0.2, 0.25) is 5.02 Å². The highest BCUT2D eigenvalue weighted by atomic mass is 35.5. The SMILES string of the molecule is C/C=C/C=C/C(=O)N[C@H](C(=O)NCc1ccc(NC(=O)c2ccccc2-c2ccc(C(F)(F)F)cc2)c(Cl)c1)c1ccccc1. The first-order valence-electron chi connectivity index (χ1n) is 13.9. The Hall–Kier alpha value is -5.15. The molecule has 4 aromatic rings. The fraction of sp³-hybridized carbons (Fsp3) is 0.114. The molecular weight excluding hydrogens is 603 g/mol. The molecule has 0 aliphatic carbocycles. The summed E-state index contributed by atoms with van der Waals surface area (Å²) < 4.78 is 39.0. The molecule has 0 radical (unpaired) electrons. The van der Waals surface area contributed by atoms with Crippen molar-refractivity contribution in [3.8, 4) is 11.1 Å². The van der Waals surface area contributed by atoms with E-state index in [1.807, 2.05) is 13.0 Å². The monoisotopic (exact) mass is 631 g/mol. The minimum atomic E-state index is -4.47. The van der Waals surface area contributed by atoms with Crippen molar-refractivity contribution >= 4 is 35.0 Å². The number of halogens is 4. The van der Waals surface area contributed by atoms with E-state index >= 15 is 0 Å². The van der Waals surface area contributed by atoms with Crippen LogP contribution in [0, 0.1) is 0 Å². The van der Waals surface area contributed by atoms with Gasteiger partial charge in [-0.25, -0.2) is 0 Å². The second-order valence-electron chi connectivity index (χ2n) is 9.84. The molecule has 6 nitrogen and oxygen atoms in total. The molecule has 230 valence electrons. The van der Waals surface area contributed by atoms with Gasteiger partial charge in [0.2, 0.25) is 11.8 Å². The van der Waals surface area contributed by atoms with Crippen LogP contribution in [-0.2, 0) is 22.3 Å². The molecule has 3 amide bonds. The van der Waals surface area contributed by atoms with Gasteiger partial charge in [0.05, 0.1) is 16.3 Å². The maximum atomic E-state index is 13.2. The van der Waals surface area contributed by atoms with E-state index in [1.165, 1.54) is 18.2 Å². The van der Waals surface area contributed by atoms with Gasteiger partial charge >= 0.3 is 6.18 Å². The zero-order valence-corrected chi connectivity index (χ0v) is 24.8. The molecule has 0 unspecified atom stereocenters. The van der Waals surface area contributed by atoms with Crippen LogP contribution in [0.5, 0.6) is 0 Å². The molecule has 4 aromatic carbocycles. The molecule has 0 fully saturated rings. The number of hydrogen-bond acceptors (Lipinski definition) is 3. The van der Waals surface area contributed by atoms with Gasteiger partial charge in [0.25, 0.3) is 5.91 Å². The largest absolute Gasteiger partial charge is 0.416 e. The standard InChI is InChI=1S/C35H29ClF3N3O3/c1-2-3-5-14-31(43)42-32(25-10-6-4-7-11-25)34(45)40-22-23-15-20-30(29(36)21-23)41-33(44)28-13-9-8-12-27(28)24-16-18-26(19-17-24)35(37,38)39/h2-21,32H,22H2,1H3,(H,40,45)(H,41,44)(H,42,43)/b3-2+,14-5+/t32-/m0/s1. The van der Waals surface area contributed by atoms with Gasteiger partial charge in [-0.15, -0.1) is 0 Å². The molecule has 0 saturated heterocycles. The third-order valence-corrected chi connectivity index (χ3v) is 6.99. The number of rotatable bonds is 10. The lowest BCUT2D eigenvalue weighted by Gasteiger charge is -2.18. The van der Waals surface area contributed by atoms with Gasteiger partial charge in [0.1, 0.15) is 6.04 Å². The molecule has 0 aromatic heterocycles. The molecule has 0 heterocycles. The van der Waals surface area contributed by atoms with Crippen LogP contribution < -0.4 is 16.0 Å². The second-order valence-corrected chi connectivity index (χ2v) is 10.3. The molecule has 0 bridgehead atoms. The first-order chi connectivity index (χ1) is 21.6. The van der Waals surface area contributed by atoms with Crippen molar-refractivity contribution in [1.82, 2.24) is 10.6 Å². The maximum absolute atomic E-state index is 13.2. The predicted molar refractivity (Wildman–Crippen MR) is 169 cm³/mol. The first kappa shape index (κ1) is 32.8. The van der Waals surface area contributed by atoms with Crippen LogP contribution in [-0.4, -0.2) is 17.7 Å². The van der Waals surface area contributed by atoms with E-state index in [2.05, 4.69) is 16.0 Å². The van der Waals surface area contributed by atoms with Gasteiger partial charge in [-0.3, -0.25) is 14.4 Å². The van der Waals surface area contributed by atoms with Crippen molar-refractivity contribution < 1.29 is 27.6 Å². The molecule has 0 aliphatic heterocycles. The van der Waals surface area contributed by atoms with Gasteiger partial charge in [-0.05, 0) is 59.5 Å². The van der Waals surface area contributed by atoms with Crippen molar-refractivity contribution in [2.75, 3.05) is 5.32 Å². The lowest BCUT2D eigenvalue weighted by atomic mass is 9.98. The van der Waals surface area contributed by atoms with Crippen molar-refractivity contribution in [3.63, 3.8) is 0 Å². The average Bonchev–Trinajstić information content (AvgIpc) is 3.04. The normalized spacial score (nSPS) is 12.2. The third-order valence-electron chi connectivity index (χ3n) is 6.68. The third kappa shape index (κ3) is 8.93. The minimum absolute atomic E-state index is 0.0944. The van der Waals surface area contributed by atoms with Gasteiger partial charge in [0.15, 0.2) is 0 Å². The number of allylic oxidation sites excluding steroid dienone is 3. The van der Waals surface area contributed by atoms with E-state index < -0.39 is 35.5 Å². The number of alkyl halides is 3. The number of anilines is 1. The summed E-state index contributed by atoms with van der Waals surface area (Å²) in [6, 6.07) is 23.9. The van der Waals surface area contributed by atoms with Crippen molar-refractivity contribution in [2.45, 2.75) is 25.7 Å². The fourth-order valence-electron chi connectivity index (χ4n) is 4.41. The highest BCUT2D eigenvalue weighted by Crippen LogP contribution is 2.32. The van der Waals surface area contributed by atoms with E-state index in [-0.39, 0.29) is 17.1 Å². The number of nitrogens with one attached hydrogen (secondary N) is 3. The number of amides is 3. The number of carbonyl (C=O) groups is 3. The summed E-state index contributed by atoms with van der Waals surface area (Å²) >= 11 is 6.48. The van der Waals surface area contributed by atoms with Gasteiger partial charge < -0.3 is 16.0 Å². The molecule has 0 spiro atoms. The summed E-state index contributed by atoms with van der Waals surface area (Å²) in [4.78, 5) is 38.8. The van der Waals surface area contributed by atoms with Gasteiger partial charge in [0, 0.05) is 18.2 Å². The topological polar surface area (TPSA) is 87.3 Å². The lowest BCUT2D eigenvalue weighted by Crippen LogP contribution is -2.39. The number of carbonyl (C=O) groups excluding carboxylic acids is 3. The fourth-order valence-corrected chi connectivity index (χ4v) is 4.66. The lowest BCUT2D eigenvalue weighted by molar-refractivity contribution is -0.137. The quantitative estimate of drug-likeness (QED) is 0.123. The number of hydrogen-bond donors (Lipinski definition) is 3. The summed E-state index contributed by atoms with van der Waals surface area (Å²) in [5.41, 5.74) is 1.92. The number of benzene rings is 4. The van der Waals surface area contributed by atoms with Crippen LogP contribution in [0.25, 0.3) is 11.1 Å². The van der Waals surface area contributed by atoms with Crippen molar-refractivity contribution in [2.24, 2.45) is 0 Å². The first-order valence-corrected chi connectivity index (χ1v) is 14.2. The average molecular weight is 632 g/mol. The molecular formula is C35H29ClF3N3O3. The molecule has 10 heteroatoms. The predicted octanol–water partition coefficient (Wildman–Crippen LogP) is 7.88. The molecule has 0 saturated carbocycles. The Bertz CT molecular complexity index is 1720. The minimum Gasteiger partial charge on any atom is -0.350 e. The maximum Gasteiger partial charge on any atom is 0.416 e. The summed E-state index contributed by atoms with van der Waals surface area (Å²) in [6.45, 7) is 1.91. The molecule has 3 N–H and O–H groups in total. The van der Waals surface area contributed by atoms with Crippen molar-refractivity contribution in [1.29, 1.82) is 0 Å². The van der Waals surface area contributed by atoms with Crippen LogP contribution in [0.1, 0.15) is 40.0 Å². The Morgan fingerprint density at radius 3 is 2.22 bits per heavy atom. The highest BCUT2D eigenvalue weighted by molar-refractivity contribution is 6.34. The van der Waals surface area contributed by atoms with Crippen LogP contribution >= 0.6 is 11.6 Å². The van der Waals surface area contributed by atoms with E-state index in [0.717, 1.165) is 12.1 Å². The van der Waals surface area contributed by atoms with E-state index in [9.17, 15) is 27.6 Å². The Labute approximate surface area is 263 Å². The molecule has 45 heavy (non-hydrogen) atoms. The zero-order chi connectivity index (χ0) is 32.4. The summed E-state index contributed by atoms with van der Waals surface area (Å²) in [6.07, 6.45) is 1.91. The zero-order valence-electron chi connectivity index (χ0n) is 24.1. The smallest absolute Gasteiger partial charge is 0.350 e. The van der Waals surface area contributed by atoms with Crippen LogP contribution in [0.3, 0.4) is 0 Å².